The average Bonchev–Trinajstić information content (AvgIpc) is 2.38. The Bertz CT molecular complexity index is 704. The van der Waals surface area contributed by atoms with Gasteiger partial charge in [-0.3, -0.25) is 10.7 Å². The fourth-order valence-electron chi connectivity index (χ4n) is 2.05. The summed E-state index contributed by atoms with van der Waals surface area (Å²) >= 11 is 4.04. The molecular weight excluding hydrogens is 279 g/mol. The van der Waals surface area contributed by atoms with E-state index in [1.165, 1.54) is 18.2 Å². The van der Waals surface area contributed by atoms with Crippen molar-refractivity contribution in [3.05, 3.63) is 57.2 Å². The van der Waals surface area contributed by atoms with Crippen molar-refractivity contribution in [2.75, 3.05) is 0 Å². The Morgan fingerprint density at radius 3 is 2.65 bits per heavy atom. The molecule has 0 aliphatic carbocycles. The Morgan fingerprint density at radius 2 is 2.10 bits per heavy atom. The van der Waals surface area contributed by atoms with Gasteiger partial charge < -0.3 is 16.9 Å². The number of halogens is 1. The Hall–Kier alpha value is -2.37. The highest BCUT2D eigenvalue weighted by Crippen LogP contribution is 2.38. The zero-order valence-electron chi connectivity index (χ0n) is 10.2. The molecule has 1 amide bonds. The van der Waals surface area contributed by atoms with Gasteiger partial charge in [0.1, 0.15) is 16.7 Å². The van der Waals surface area contributed by atoms with Crippen molar-refractivity contribution in [1.29, 1.82) is 0 Å². The van der Waals surface area contributed by atoms with Gasteiger partial charge in [0, 0.05) is 11.1 Å². The standard InChI is InChI=1S/C13H10FN4OS/c14-8-4-2-1-3-6(8)9-7(5-15)11(16)18-13(20)10(9)12(17)19/h1-4,9,20H,(H2,16,18)(H2,17,19)/q-1/t9-/m0/s1. The van der Waals surface area contributed by atoms with Gasteiger partial charge in [-0.05, 0) is 6.07 Å². The molecule has 0 aromatic heterocycles. The fraction of sp³-hybridized carbons (Fsp3) is 0.0769. The van der Waals surface area contributed by atoms with Crippen molar-refractivity contribution in [3.8, 4) is 0 Å². The van der Waals surface area contributed by atoms with Crippen molar-refractivity contribution in [2.45, 2.75) is 5.92 Å². The number of hydrogen-bond acceptors (Lipinski definition) is 4. The molecule has 7 heteroatoms. The van der Waals surface area contributed by atoms with Crippen LogP contribution in [-0.4, -0.2) is 17.6 Å². The van der Waals surface area contributed by atoms with Crippen LogP contribution in [0.2, 0.25) is 0 Å². The number of carbonyl (C=O) groups is 1. The molecule has 0 saturated carbocycles. The number of hydrogen-bond donors (Lipinski definition) is 3. The molecule has 0 radical (unpaired) electrons. The van der Waals surface area contributed by atoms with E-state index < -0.39 is 17.6 Å². The lowest BCUT2D eigenvalue weighted by Crippen LogP contribution is -2.31. The van der Waals surface area contributed by atoms with Crippen molar-refractivity contribution < 1.29 is 9.18 Å². The third kappa shape index (κ3) is 2.24. The van der Waals surface area contributed by atoms with Gasteiger partial charge in [-0.1, -0.05) is 18.2 Å². The molecule has 0 saturated heterocycles. The molecule has 1 atom stereocenters. The van der Waals surface area contributed by atoms with Gasteiger partial charge in [0.25, 0.3) is 0 Å². The van der Waals surface area contributed by atoms with Crippen LogP contribution in [0, 0.1) is 5.82 Å². The molecule has 1 heterocycles. The Kier molecular flexibility index (Phi) is 3.74. The van der Waals surface area contributed by atoms with E-state index in [4.69, 9.17) is 11.5 Å². The third-order valence-corrected chi connectivity index (χ3v) is 3.26. The SMILES string of the molecule is [N-]=C=C1C(N)=NC(S)=C(C(N)=O)[C@H]1c1ccccc1F. The summed E-state index contributed by atoms with van der Waals surface area (Å²) < 4.78 is 14.0. The summed E-state index contributed by atoms with van der Waals surface area (Å²) in [4.78, 5) is 15.4. The van der Waals surface area contributed by atoms with Crippen molar-refractivity contribution in [3.63, 3.8) is 0 Å². The van der Waals surface area contributed by atoms with Crippen LogP contribution in [0.1, 0.15) is 11.5 Å². The van der Waals surface area contributed by atoms with Crippen LogP contribution in [0.25, 0.3) is 5.41 Å². The van der Waals surface area contributed by atoms with Crippen LogP contribution in [-0.2, 0) is 4.79 Å². The number of rotatable bonds is 2. The third-order valence-electron chi connectivity index (χ3n) is 2.92. The number of thiol groups is 1. The first-order valence-corrected chi connectivity index (χ1v) is 6.01. The zero-order valence-corrected chi connectivity index (χ0v) is 11.1. The predicted octanol–water partition coefficient (Wildman–Crippen LogP) is 1.07. The maximum absolute atomic E-state index is 14.0. The second-order valence-electron chi connectivity index (χ2n) is 4.08. The normalized spacial score (nSPS) is 18.6. The predicted molar refractivity (Wildman–Crippen MR) is 77.8 cm³/mol. The molecule has 2 rings (SSSR count). The summed E-state index contributed by atoms with van der Waals surface area (Å²) in [5, 5.41) is 9.19. The van der Waals surface area contributed by atoms with Gasteiger partial charge in [-0.25, -0.2) is 9.38 Å². The minimum atomic E-state index is -0.997. The molecule has 1 aliphatic heterocycles. The number of amidine groups is 1. The van der Waals surface area contributed by atoms with E-state index in [9.17, 15) is 14.6 Å². The molecule has 1 aliphatic rings. The van der Waals surface area contributed by atoms with Crippen molar-refractivity contribution in [1.82, 2.24) is 0 Å². The molecule has 102 valence electrons. The van der Waals surface area contributed by atoms with Gasteiger partial charge in [-0.15, -0.1) is 12.6 Å². The summed E-state index contributed by atoms with van der Waals surface area (Å²) in [7, 11) is 0. The summed E-state index contributed by atoms with van der Waals surface area (Å²) in [5.41, 5.74) is 11.0. The molecular formula is C13H10FN4OS-. The smallest absolute Gasteiger partial charge is 0.248 e. The maximum atomic E-state index is 14.0. The molecule has 0 unspecified atom stereocenters. The van der Waals surface area contributed by atoms with E-state index in [1.807, 2.05) is 5.87 Å². The lowest BCUT2D eigenvalue weighted by molar-refractivity contribution is -0.114. The summed E-state index contributed by atoms with van der Waals surface area (Å²) in [6.45, 7) is 0. The molecule has 0 fully saturated rings. The van der Waals surface area contributed by atoms with Crippen LogP contribution in [0.3, 0.4) is 0 Å². The van der Waals surface area contributed by atoms with Crippen molar-refractivity contribution in [2.24, 2.45) is 16.5 Å². The zero-order chi connectivity index (χ0) is 14.9. The summed E-state index contributed by atoms with van der Waals surface area (Å²) in [6, 6.07) is 5.77. The molecule has 4 N–H and O–H groups in total. The van der Waals surface area contributed by atoms with Crippen LogP contribution < -0.4 is 11.5 Å². The highest BCUT2D eigenvalue weighted by molar-refractivity contribution is 7.84. The van der Waals surface area contributed by atoms with E-state index in [1.54, 1.807) is 6.07 Å². The first-order chi connectivity index (χ1) is 9.47. The van der Waals surface area contributed by atoms with Crippen LogP contribution in [0.15, 0.2) is 45.4 Å². The first kappa shape index (κ1) is 14.0. The van der Waals surface area contributed by atoms with Gasteiger partial charge >= 0.3 is 0 Å². The fourth-order valence-corrected chi connectivity index (χ4v) is 2.40. The Morgan fingerprint density at radius 1 is 1.45 bits per heavy atom. The lowest BCUT2D eigenvalue weighted by atomic mass is 9.83. The van der Waals surface area contributed by atoms with Crippen LogP contribution in [0.4, 0.5) is 4.39 Å². The highest BCUT2D eigenvalue weighted by Gasteiger charge is 2.33. The Balaban J connectivity index is 2.76. The number of nitrogens with zero attached hydrogens (tertiary/aromatic N) is 2. The van der Waals surface area contributed by atoms with E-state index in [2.05, 4.69) is 17.6 Å². The Labute approximate surface area is 119 Å². The quantitative estimate of drug-likeness (QED) is 0.560. The number of nitrogens with two attached hydrogens (primary N) is 2. The summed E-state index contributed by atoms with van der Waals surface area (Å²) in [6.07, 6.45) is 0. The molecule has 1 aromatic rings. The number of primary amides is 1. The monoisotopic (exact) mass is 289 g/mol. The van der Waals surface area contributed by atoms with Gasteiger partial charge in [0.15, 0.2) is 0 Å². The average molecular weight is 289 g/mol. The van der Waals surface area contributed by atoms with E-state index in [-0.39, 0.29) is 27.6 Å². The van der Waals surface area contributed by atoms with Crippen molar-refractivity contribution >= 4 is 30.2 Å². The lowest BCUT2D eigenvalue weighted by Gasteiger charge is -2.26. The van der Waals surface area contributed by atoms with E-state index in [0.717, 1.165) is 0 Å². The van der Waals surface area contributed by atoms with Crippen LogP contribution >= 0.6 is 12.6 Å². The van der Waals surface area contributed by atoms with Crippen LogP contribution in [0.5, 0.6) is 0 Å². The van der Waals surface area contributed by atoms with Gasteiger partial charge in [0.05, 0.1) is 11.5 Å². The summed E-state index contributed by atoms with van der Waals surface area (Å²) in [5.74, 6) is -0.641. The number of benzene rings is 1. The molecule has 5 nitrogen and oxygen atoms in total. The molecule has 20 heavy (non-hydrogen) atoms. The molecule has 0 spiro atoms. The second kappa shape index (κ2) is 5.32. The number of aliphatic imine (C=N–C) groups is 1. The number of amides is 1. The second-order valence-corrected chi connectivity index (χ2v) is 4.50. The van der Waals surface area contributed by atoms with Gasteiger partial charge in [0.2, 0.25) is 5.91 Å². The largest absolute Gasteiger partial charge is 0.763 e. The molecule has 1 aromatic carbocycles. The number of carbonyl (C=O) groups excluding carboxylic acids is 1. The van der Waals surface area contributed by atoms with Gasteiger partial charge in [-0.2, -0.15) is 0 Å². The van der Waals surface area contributed by atoms with E-state index in [0.29, 0.717) is 0 Å². The minimum Gasteiger partial charge on any atom is -0.763 e. The first-order valence-electron chi connectivity index (χ1n) is 5.56. The minimum absolute atomic E-state index is 0.0118. The van der Waals surface area contributed by atoms with E-state index >= 15 is 0 Å². The topological polar surface area (TPSA) is 104 Å². The highest BCUT2D eigenvalue weighted by atomic mass is 32.1. The maximum Gasteiger partial charge on any atom is 0.248 e. The molecule has 0 bridgehead atoms.